The average Bonchev–Trinajstić information content (AvgIpc) is 2.38. The molecule has 1 heterocycles. The first-order valence-electron chi connectivity index (χ1n) is 5.68. The van der Waals surface area contributed by atoms with E-state index in [-0.39, 0.29) is 6.42 Å². The van der Waals surface area contributed by atoms with Crippen LogP contribution in [0.25, 0.3) is 0 Å². The Kier molecular flexibility index (Phi) is 3.91. The average molecular weight is 242 g/mol. The highest BCUT2D eigenvalue weighted by Crippen LogP contribution is 2.12. The lowest BCUT2D eigenvalue weighted by molar-refractivity contribution is -0.136. The first kappa shape index (κ1) is 12.1. The SMILES string of the molecule is O=C(O)Cc1ccccc1CNc1ccncc1. The van der Waals surface area contributed by atoms with Gasteiger partial charge in [0.05, 0.1) is 6.42 Å². The number of rotatable bonds is 5. The zero-order chi connectivity index (χ0) is 12.8. The Morgan fingerprint density at radius 2 is 1.78 bits per heavy atom. The molecule has 2 rings (SSSR count). The molecule has 0 atom stereocenters. The lowest BCUT2D eigenvalue weighted by atomic mass is 10.0. The first-order valence-corrected chi connectivity index (χ1v) is 5.68. The minimum atomic E-state index is -0.814. The van der Waals surface area contributed by atoms with Gasteiger partial charge in [0.2, 0.25) is 0 Å². The van der Waals surface area contributed by atoms with E-state index in [9.17, 15) is 4.79 Å². The van der Waals surface area contributed by atoms with Crippen molar-refractivity contribution in [3.05, 3.63) is 59.9 Å². The molecule has 0 aliphatic rings. The third-order valence-corrected chi connectivity index (χ3v) is 2.62. The molecular formula is C14H14N2O2. The zero-order valence-corrected chi connectivity index (χ0v) is 9.84. The fourth-order valence-corrected chi connectivity index (χ4v) is 1.73. The number of carboxylic acids is 1. The van der Waals surface area contributed by atoms with Gasteiger partial charge in [0.1, 0.15) is 0 Å². The zero-order valence-electron chi connectivity index (χ0n) is 9.84. The van der Waals surface area contributed by atoms with Crippen LogP contribution in [0.5, 0.6) is 0 Å². The quantitative estimate of drug-likeness (QED) is 0.844. The molecule has 0 bridgehead atoms. The molecule has 4 heteroatoms. The van der Waals surface area contributed by atoms with Gasteiger partial charge >= 0.3 is 5.97 Å². The Morgan fingerprint density at radius 3 is 2.44 bits per heavy atom. The van der Waals surface area contributed by atoms with Crippen molar-refractivity contribution in [2.75, 3.05) is 5.32 Å². The van der Waals surface area contributed by atoms with Crippen LogP contribution >= 0.6 is 0 Å². The maximum atomic E-state index is 10.8. The van der Waals surface area contributed by atoms with Gasteiger partial charge in [-0.05, 0) is 23.3 Å². The summed E-state index contributed by atoms with van der Waals surface area (Å²) in [6.45, 7) is 0.605. The highest BCUT2D eigenvalue weighted by Gasteiger charge is 2.05. The van der Waals surface area contributed by atoms with E-state index >= 15 is 0 Å². The van der Waals surface area contributed by atoms with E-state index < -0.39 is 5.97 Å². The summed E-state index contributed by atoms with van der Waals surface area (Å²) in [7, 11) is 0. The third kappa shape index (κ3) is 3.31. The van der Waals surface area contributed by atoms with Crippen LogP contribution in [0, 0.1) is 0 Å². The van der Waals surface area contributed by atoms with Gasteiger partial charge in [0.25, 0.3) is 0 Å². The van der Waals surface area contributed by atoms with Crippen LogP contribution in [0.2, 0.25) is 0 Å². The molecule has 92 valence electrons. The molecule has 4 nitrogen and oxygen atoms in total. The van der Waals surface area contributed by atoms with Crippen molar-refractivity contribution in [1.29, 1.82) is 0 Å². The number of pyridine rings is 1. The number of aromatic nitrogens is 1. The van der Waals surface area contributed by atoms with Crippen LogP contribution in [0.15, 0.2) is 48.8 Å². The van der Waals surface area contributed by atoms with Crippen molar-refractivity contribution in [1.82, 2.24) is 4.98 Å². The van der Waals surface area contributed by atoms with Gasteiger partial charge in [-0.2, -0.15) is 0 Å². The van der Waals surface area contributed by atoms with Gasteiger partial charge < -0.3 is 10.4 Å². The molecule has 2 N–H and O–H groups in total. The number of hydrogen-bond acceptors (Lipinski definition) is 3. The number of benzene rings is 1. The molecule has 0 radical (unpaired) electrons. The van der Waals surface area contributed by atoms with Crippen molar-refractivity contribution < 1.29 is 9.90 Å². The van der Waals surface area contributed by atoms with Crippen LogP contribution in [-0.4, -0.2) is 16.1 Å². The fraction of sp³-hybridized carbons (Fsp3) is 0.143. The smallest absolute Gasteiger partial charge is 0.307 e. The summed E-state index contributed by atoms with van der Waals surface area (Å²) < 4.78 is 0. The lowest BCUT2D eigenvalue weighted by Crippen LogP contribution is -2.07. The normalized spacial score (nSPS) is 10.0. The summed E-state index contributed by atoms with van der Waals surface area (Å²) in [6.07, 6.45) is 3.48. The Balaban J connectivity index is 2.07. The van der Waals surface area contributed by atoms with E-state index in [4.69, 9.17) is 5.11 Å². The third-order valence-electron chi connectivity index (χ3n) is 2.62. The second kappa shape index (κ2) is 5.82. The number of anilines is 1. The molecule has 0 saturated carbocycles. The van der Waals surface area contributed by atoms with Crippen LogP contribution in [0.4, 0.5) is 5.69 Å². The van der Waals surface area contributed by atoms with Crippen LogP contribution in [0.1, 0.15) is 11.1 Å². The summed E-state index contributed by atoms with van der Waals surface area (Å²) in [6, 6.07) is 11.3. The van der Waals surface area contributed by atoms with E-state index in [0.29, 0.717) is 6.54 Å². The molecule has 0 amide bonds. The van der Waals surface area contributed by atoms with Gasteiger partial charge in [0.15, 0.2) is 0 Å². The second-order valence-electron chi connectivity index (χ2n) is 3.93. The number of carbonyl (C=O) groups is 1. The Morgan fingerprint density at radius 1 is 1.11 bits per heavy atom. The molecule has 0 fully saturated rings. The summed E-state index contributed by atoms with van der Waals surface area (Å²) in [5.74, 6) is -0.814. The van der Waals surface area contributed by atoms with E-state index in [2.05, 4.69) is 10.3 Å². The van der Waals surface area contributed by atoms with E-state index in [0.717, 1.165) is 16.8 Å². The van der Waals surface area contributed by atoms with E-state index in [1.165, 1.54) is 0 Å². The van der Waals surface area contributed by atoms with Gasteiger partial charge in [-0.15, -0.1) is 0 Å². The van der Waals surface area contributed by atoms with Crippen LogP contribution in [0.3, 0.4) is 0 Å². The molecule has 0 spiro atoms. The summed E-state index contributed by atoms with van der Waals surface area (Å²) >= 11 is 0. The maximum Gasteiger partial charge on any atom is 0.307 e. The van der Waals surface area contributed by atoms with Crippen molar-refractivity contribution >= 4 is 11.7 Å². The highest BCUT2D eigenvalue weighted by atomic mass is 16.4. The Bertz CT molecular complexity index is 526. The Hall–Kier alpha value is -2.36. The van der Waals surface area contributed by atoms with Crippen molar-refractivity contribution in [3.63, 3.8) is 0 Å². The number of nitrogens with zero attached hydrogens (tertiary/aromatic N) is 1. The standard InChI is InChI=1S/C14H14N2O2/c17-14(18)9-11-3-1-2-4-12(11)10-16-13-5-7-15-8-6-13/h1-8H,9-10H2,(H,15,16)(H,17,18). The molecule has 0 aliphatic carbocycles. The van der Waals surface area contributed by atoms with Gasteiger partial charge in [0, 0.05) is 24.6 Å². The van der Waals surface area contributed by atoms with Gasteiger partial charge in [-0.1, -0.05) is 24.3 Å². The second-order valence-corrected chi connectivity index (χ2v) is 3.93. The van der Waals surface area contributed by atoms with Crippen molar-refractivity contribution in [2.45, 2.75) is 13.0 Å². The van der Waals surface area contributed by atoms with Crippen LogP contribution in [-0.2, 0) is 17.8 Å². The molecule has 18 heavy (non-hydrogen) atoms. The van der Waals surface area contributed by atoms with Crippen molar-refractivity contribution in [2.24, 2.45) is 0 Å². The molecule has 2 aromatic rings. The van der Waals surface area contributed by atoms with Gasteiger partial charge in [-0.3, -0.25) is 9.78 Å². The fourth-order valence-electron chi connectivity index (χ4n) is 1.73. The highest BCUT2D eigenvalue weighted by molar-refractivity contribution is 5.70. The van der Waals surface area contributed by atoms with Crippen molar-refractivity contribution in [3.8, 4) is 0 Å². The predicted molar refractivity (Wildman–Crippen MR) is 69.3 cm³/mol. The first-order chi connectivity index (χ1) is 8.75. The van der Waals surface area contributed by atoms with Crippen LogP contribution < -0.4 is 5.32 Å². The predicted octanol–water partition coefficient (Wildman–Crippen LogP) is 2.32. The summed E-state index contributed by atoms with van der Waals surface area (Å²) in [5, 5.41) is 12.1. The summed E-state index contributed by atoms with van der Waals surface area (Å²) in [4.78, 5) is 14.7. The maximum absolute atomic E-state index is 10.8. The monoisotopic (exact) mass is 242 g/mol. The molecular weight excluding hydrogens is 228 g/mol. The topological polar surface area (TPSA) is 62.2 Å². The molecule has 0 saturated heterocycles. The van der Waals surface area contributed by atoms with E-state index in [1.54, 1.807) is 12.4 Å². The molecule has 1 aromatic heterocycles. The Labute approximate surface area is 105 Å². The number of aliphatic carboxylic acids is 1. The number of hydrogen-bond donors (Lipinski definition) is 2. The minimum Gasteiger partial charge on any atom is -0.481 e. The minimum absolute atomic E-state index is 0.0498. The van der Waals surface area contributed by atoms with E-state index in [1.807, 2.05) is 36.4 Å². The lowest BCUT2D eigenvalue weighted by Gasteiger charge is -2.10. The molecule has 0 unspecified atom stereocenters. The molecule has 1 aromatic carbocycles. The number of nitrogens with one attached hydrogen (secondary N) is 1. The summed E-state index contributed by atoms with van der Waals surface area (Å²) in [5.41, 5.74) is 2.80. The number of carboxylic acid groups (broad SMARTS) is 1. The molecule has 0 aliphatic heterocycles. The largest absolute Gasteiger partial charge is 0.481 e. The van der Waals surface area contributed by atoms with Gasteiger partial charge in [-0.25, -0.2) is 0 Å².